The van der Waals surface area contributed by atoms with Crippen molar-refractivity contribution in [1.29, 1.82) is 0 Å². The van der Waals surface area contributed by atoms with Crippen LogP contribution < -0.4 is 14.9 Å². The molecule has 1 aliphatic heterocycles. The number of anilines is 1. The Kier molecular flexibility index (Phi) is 9.09. The minimum atomic E-state index is -0.467. The number of halogens is 1. The first kappa shape index (κ1) is 26.6. The first-order valence-electron chi connectivity index (χ1n) is 11.3. The first-order valence-corrected chi connectivity index (χ1v) is 12.2. The van der Waals surface area contributed by atoms with Crippen molar-refractivity contribution < 1.29 is 18.4 Å². The van der Waals surface area contributed by atoms with Crippen LogP contribution in [0.2, 0.25) is 0 Å². The number of nitrogens with one attached hydrogen (secondary N) is 1. The summed E-state index contributed by atoms with van der Waals surface area (Å²) in [6.07, 6.45) is -0.247. The molecule has 1 unspecified atom stereocenters. The third kappa shape index (κ3) is 6.43. The lowest BCUT2D eigenvalue weighted by atomic mass is 9.79. The van der Waals surface area contributed by atoms with Gasteiger partial charge in [-0.3, -0.25) is 0 Å². The van der Waals surface area contributed by atoms with Gasteiger partial charge in [0.05, 0.1) is 16.9 Å². The maximum absolute atomic E-state index is 13.3. The molecular weight excluding hydrogens is 424 g/mol. The zero-order chi connectivity index (χ0) is 24.1. The topological polar surface area (TPSA) is 39.7 Å². The molecule has 0 saturated carbocycles. The van der Waals surface area contributed by atoms with Gasteiger partial charge in [-0.05, 0) is 81.9 Å². The molecule has 32 heavy (non-hydrogen) atoms. The molecule has 1 aliphatic rings. The van der Waals surface area contributed by atoms with Gasteiger partial charge in [-0.2, -0.15) is 0 Å². The largest absolute Gasteiger partial charge is 0.494 e. The van der Waals surface area contributed by atoms with Crippen molar-refractivity contribution >= 4 is 30.2 Å². The van der Waals surface area contributed by atoms with Gasteiger partial charge < -0.3 is 18.8 Å². The van der Waals surface area contributed by atoms with E-state index in [4.69, 9.17) is 14.0 Å². The summed E-state index contributed by atoms with van der Waals surface area (Å²) in [4.78, 5) is 0. The Morgan fingerprint density at radius 1 is 0.938 bits per heavy atom. The summed E-state index contributed by atoms with van der Waals surface area (Å²) in [5, 5.41) is 0.412. The summed E-state index contributed by atoms with van der Waals surface area (Å²) >= 11 is 1.62. The van der Waals surface area contributed by atoms with Crippen molar-refractivity contribution in [3.63, 3.8) is 0 Å². The summed E-state index contributed by atoms with van der Waals surface area (Å²) in [6.45, 7) is 18.4. The summed E-state index contributed by atoms with van der Waals surface area (Å²) in [7, 11) is -0.467. The Balaban J connectivity index is 0.00000176. The van der Waals surface area contributed by atoms with E-state index in [1.165, 1.54) is 12.1 Å². The Morgan fingerprint density at radius 3 is 2.03 bits per heavy atom. The molecule has 4 nitrogen and oxygen atoms in total. The Hall–Kier alpha value is -1.70. The number of ether oxygens (including phenoxy) is 1. The molecule has 3 rings (SSSR count). The van der Waals surface area contributed by atoms with Gasteiger partial charge >= 0.3 is 7.12 Å². The smallest absolute Gasteiger partial charge is 0.484 e. The van der Waals surface area contributed by atoms with Crippen molar-refractivity contribution in [2.24, 2.45) is 0 Å². The van der Waals surface area contributed by atoms with Crippen LogP contribution >= 0.6 is 11.9 Å². The second kappa shape index (κ2) is 10.9. The minimum Gasteiger partial charge on any atom is -0.484 e. The molecule has 1 saturated heterocycles. The molecule has 0 aliphatic carbocycles. The maximum atomic E-state index is 13.3. The molecule has 0 bridgehead atoms. The van der Waals surface area contributed by atoms with E-state index < -0.39 is 18.3 Å². The van der Waals surface area contributed by atoms with Gasteiger partial charge in [-0.1, -0.05) is 45.9 Å². The zero-order valence-corrected chi connectivity index (χ0v) is 21.6. The second-order valence-corrected chi connectivity index (χ2v) is 10.3. The van der Waals surface area contributed by atoms with E-state index in [1.54, 1.807) is 24.1 Å². The van der Waals surface area contributed by atoms with E-state index in [0.717, 1.165) is 16.7 Å². The molecule has 0 amide bonds. The van der Waals surface area contributed by atoms with Crippen LogP contribution in [0.3, 0.4) is 0 Å². The number of hydrogen-bond donors (Lipinski definition) is 1. The van der Waals surface area contributed by atoms with Crippen LogP contribution in [-0.4, -0.2) is 23.6 Å². The van der Waals surface area contributed by atoms with Crippen molar-refractivity contribution in [2.45, 2.75) is 84.9 Å². The van der Waals surface area contributed by atoms with E-state index in [1.807, 2.05) is 66.7 Å². The van der Waals surface area contributed by atoms with Crippen LogP contribution in [0, 0.1) is 5.82 Å². The predicted octanol–water partition coefficient (Wildman–Crippen LogP) is 6.76. The summed E-state index contributed by atoms with van der Waals surface area (Å²) < 4.78 is 35.4. The summed E-state index contributed by atoms with van der Waals surface area (Å²) in [5.74, 6) is 0.441. The maximum Gasteiger partial charge on any atom is 0.494 e. The van der Waals surface area contributed by atoms with E-state index in [-0.39, 0.29) is 11.9 Å². The van der Waals surface area contributed by atoms with E-state index in [2.05, 4.69) is 18.6 Å². The van der Waals surface area contributed by atoms with Crippen LogP contribution in [0.5, 0.6) is 5.75 Å². The van der Waals surface area contributed by atoms with E-state index >= 15 is 0 Å². The first-order chi connectivity index (χ1) is 15.0. The highest BCUT2D eigenvalue weighted by atomic mass is 32.2. The lowest BCUT2D eigenvalue weighted by molar-refractivity contribution is 0.00578. The average molecular weight is 461 g/mol. The molecule has 1 heterocycles. The quantitative estimate of drug-likeness (QED) is 0.364. The molecule has 0 aromatic heterocycles. The van der Waals surface area contributed by atoms with Gasteiger partial charge in [0.15, 0.2) is 0 Å². The normalized spacial score (nSPS) is 17.5. The predicted molar refractivity (Wildman–Crippen MR) is 135 cm³/mol. The van der Waals surface area contributed by atoms with Crippen LogP contribution in [-0.2, 0) is 9.31 Å². The van der Waals surface area contributed by atoms with Crippen molar-refractivity contribution in [3.05, 3.63) is 53.8 Å². The lowest BCUT2D eigenvalue weighted by Crippen LogP contribution is -2.41. The number of hydrogen-bond acceptors (Lipinski definition) is 5. The van der Waals surface area contributed by atoms with E-state index in [0.29, 0.717) is 11.0 Å². The van der Waals surface area contributed by atoms with Crippen molar-refractivity contribution in [2.75, 3.05) is 4.72 Å². The van der Waals surface area contributed by atoms with Gasteiger partial charge in [0, 0.05) is 5.25 Å². The highest BCUT2D eigenvalue weighted by Gasteiger charge is 2.51. The van der Waals surface area contributed by atoms with Crippen LogP contribution in [0.4, 0.5) is 10.1 Å². The van der Waals surface area contributed by atoms with Crippen LogP contribution in [0.25, 0.3) is 0 Å². The Bertz CT molecular complexity index is 858. The molecule has 7 heteroatoms. The highest BCUT2D eigenvalue weighted by molar-refractivity contribution is 8.01. The highest BCUT2D eigenvalue weighted by Crippen LogP contribution is 2.38. The van der Waals surface area contributed by atoms with Gasteiger partial charge in [0.1, 0.15) is 17.7 Å². The Morgan fingerprint density at radius 2 is 1.50 bits per heavy atom. The van der Waals surface area contributed by atoms with Gasteiger partial charge in [-0.25, -0.2) is 4.39 Å². The van der Waals surface area contributed by atoms with Crippen LogP contribution in [0.15, 0.2) is 42.5 Å². The van der Waals surface area contributed by atoms with E-state index in [9.17, 15) is 4.39 Å². The summed E-state index contributed by atoms with van der Waals surface area (Å²) in [6, 6.07) is 12.3. The molecular formula is C25H37BFNO3S. The minimum absolute atomic E-state index is 0.247. The SMILES string of the molecule is CC.CC(C)SNc1ccc(B2OC(C)(C)C(C)(C)O2)cc1OC(C)c1ccc(F)cc1. The van der Waals surface area contributed by atoms with Gasteiger partial charge in [0.2, 0.25) is 0 Å². The molecule has 2 aromatic rings. The summed E-state index contributed by atoms with van der Waals surface area (Å²) in [5.41, 5.74) is 1.85. The molecule has 176 valence electrons. The number of rotatable bonds is 7. The lowest BCUT2D eigenvalue weighted by Gasteiger charge is -2.32. The zero-order valence-electron chi connectivity index (χ0n) is 20.8. The molecule has 1 atom stereocenters. The van der Waals surface area contributed by atoms with Crippen molar-refractivity contribution in [1.82, 2.24) is 0 Å². The number of benzene rings is 2. The van der Waals surface area contributed by atoms with Gasteiger partial charge in [-0.15, -0.1) is 0 Å². The molecule has 1 N–H and O–H groups in total. The average Bonchev–Trinajstić information content (AvgIpc) is 2.96. The third-order valence-electron chi connectivity index (χ3n) is 5.58. The molecule has 1 fully saturated rings. The Labute approximate surface area is 197 Å². The second-order valence-electron chi connectivity index (χ2n) is 8.92. The van der Waals surface area contributed by atoms with Gasteiger partial charge in [0.25, 0.3) is 0 Å². The molecule has 0 spiro atoms. The monoisotopic (exact) mass is 461 g/mol. The fourth-order valence-electron chi connectivity index (χ4n) is 3.02. The van der Waals surface area contributed by atoms with Crippen molar-refractivity contribution in [3.8, 4) is 5.75 Å². The fraction of sp³-hybridized carbons (Fsp3) is 0.520. The fourth-order valence-corrected chi connectivity index (χ4v) is 3.55. The molecule has 2 aromatic carbocycles. The molecule has 0 radical (unpaired) electrons. The standard InChI is InChI=1S/C23H31BFNO3S.C2H6/c1-15(2)30-26-20-13-10-18(24-28-22(4,5)23(6,7)29-24)14-21(20)27-16(3)17-8-11-19(25)12-9-17;1-2/h8-16,26H,1-7H3;1-2H3. The van der Waals surface area contributed by atoms with Crippen LogP contribution in [0.1, 0.15) is 74.0 Å². The third-order valence-corrected chi connectivity index (χ3v) is 6.39.